The van der Waals surface area contributed by atoms with Crippen LogP contribution in [0.3, 0.4) is 0 Å². The topological polar surface area (TPSA) is 15.3 Å². The molecule has 2 fully saturated rings. The molecule has 1 aliphatic carbocycles. The van der Waals surface area contributed by atoms with E-state index in [1.54, 1.807) is 0 Å². The van der Waals surface area contributed by atoms with Crippen molar-refractivity contribution in [2.45, 2.75) is 50.6 Å². The molecule has 1 spiro atoms. The highest BCUT2D eigenvalue weighted by Gasteiger charge is 2.38. The number of anilines is 1. The first kappa shape index (κ1) is 14.7. The van der Waals surface area contributed by atoms with Crippen molar-refractivity contribution in [1.29, 1.82) is 0 Å². The molecule has 1 unspecified atom stereocenters. The largest absolute Gasteiger partial charge is 0.366 e. The number of halogens is 2. The van der Waals surface area contributed by atoms with Gasteiger partial charge in [0.2, 0.25) is 0 Å². The van der Waals surface area contributed by atoms with Crippen LogP contribution in [0.5, 0.6) is 0 Å². The molecule has 2 nitrogen and oxygen atoms in total. The van der Waals surface area contributed by atoms with E-state index < -0.39 is 0 Å². The summed E-state index contributed by atoms with van der Waals surface area (Å²) in [7, 11) is 0. The van der Waals surface area contributed by atoms with E-state index in [0.717, 1.165) is 22.6 Å². The number of rotatable bonds is 1. The Morgan fingerprint density at radius 1 is 1.30 bits per heavy atom. The summed E-state index contributed by atoms with van der Waals surface area (Å²) in [6.45, 7) is 4.46. The van der Waals surface area contributed by atoms with Crippen LogP contribution in [-0.2, 0) is 0 Å². The Morgan fingerprint density at radius 2 is 2.05 bits per heavy atom. The third kappa shape index (κ3) is 2.86. The van der Waals surface area contributed by atoms with E-state index in [-0.39, 0.29) is 0 Å². The third-order valence-electron chi connectivity index (χ3n) is 4.82. The predicted octanol–water partition coefficient (Wildman–Crippen LogP) is 4.60. The van der Waals surface area contributed by atoms with Crippen molar-refractivity contribution in [3.63, 3.8) is 0 Å². The quantitative estimate of drug-likeness (QED) is 0.790. The van der Waals surface area contributed by atoms with E-state index >= 15 is 0 Å². The summed E-state index contributed by atoms with van der Waals surface area (Å²) in [5.41, 5.74) is 1.57. The summed E-state index contributed by atoms with van der Waals surface area (Å²) in [5.74, 6) is 0. The molecule has 0 bridgehead atoms. The fraction of sp³-hybridized carbons (Fsp3) is 0.625. The summed E-state index contributed by atoms with van der Waals surface area (Å²) >= 11 is 9.74. The van der Waals surface area contributed by atoms with Gasteiger partial charge in [0.05, 0.1) is 5.02 Å². The molecule has 1 aromatic rings. The first-order chi connectivity index (χ1) is 9.60. The second-order valence-corrected chi connectivity index (χ2v) is 7.56. The lowest BCUT2D eigenvalue weighted by atomic mass is 9.79. The molecule has 1 atom stereocenters. The molecule has 1 saturated carbocycles. The van der Waals surface area contributed by atoms with Gasteiger partial charge in [-0.1, -0.05) is 30.9 Å². The maximum absolute atomic E-state index is 6.27. The van der Waals surface area contributed by atoms with Crippen molar-refractivity contribution in [3.8, 4) is 0 Å². The maximum atomic E-state index is 6.27. The molecule has 3 rings (SSSR count). The number of nitrogens with one attached hydrogen (secondary N) is 1. The second-order valence-electron chi connectivity index (χ2n) is 6.30. The van der Waals surface area contributed by atoms with Gasteiger partial charge >= 0.3 is 0 Å². The number of benzene rings is 1. The van der Waals surface area contributed by atoms with Gasteiger partial charge in [-0.05, 0) is 53.9 Å². The molecular weight excluding hydrogens is 336 g/mol. The summed E-state index contributed by atoms with van der Waals surface area (Å²) in [4.78, 5) is 2.53. The zero-order valence-corrected chi connectivity index (χ0v) is 14.3. The van der Waals surface area contributed by atoms with Gasteiger partial charge < -0.3 is 10.2 Å². The molecule has 1 aliphatic heterocycles. The Bertz CT molecular complexity index is 485. The van der Waals surface area contributed by atoms with E-state index in [1.807, 2.05) is 0 Å². The number of nitrogens with zero attached hydrogens (tertiary/aromatic N) is 1. The molecule has 1 heterocycles. The predicted molar refractivity (Wildman–Crippen MR) is 89.8 cm³/mol. The monoisotopic (exact) mass is 356 g/mol. The van der Waals surface area contributed by atoms with E-state index in [9.17, 15) is 0 Å². The lowest BCUT2D eigenvalue weighted by Crippen LogP contribution is -2.64. The van der Waals surface area contributed by atoms with Crippen LogP contribution in [0.2, 0.25) is 5.02 Å². The zero-order valence-electron chi connectivity index (χ0n) is 12.0. The molecule has 110 valence electrons. The lowest BCUT2D eigenvalue weighted by molar-refractivity contribution is 0.200. The number of hydrogen-bond acceptors (Lipinski definition) is 2. The fourth-order valence-electron chi connectivity index (χ4n) is 3.59. The van der Waals surface area contributed by atoms with Gasteiger partial charge in [-0.25, -0.2) is 0 Å². The van der Waals surface area contributed by atoms with Gasteiger partial charge in [-0.3, -0.25) is 0 Å². The van der Waals surface area contributed by atoms with Gasteiger partial charge in [0, 0.05) is 34.8 Å². The Morgan fingerprint density at radius 3 is 2.75 bits per heavy atom. The first-order valence-corrected chi connectivity index (χ1v) is 8.73. The molecule has 4 heteroatoms. The van der Waals surface area contributed by atoms with E-state index in [4.69, 9.17) is 11.6 Å². The molecule has 2 aliphatic rings. The van der Waals surface area contributed by atoms with Gasteiger partial charge in [-0.15, -0.1) is 0 Å². The minimum absolute atomic E-state index is 0.324. The number of hydrogen-bond donors (Lipinski definition) is 1. The Balaban J connectivity index is 1.84. The minimum atomic E-state index is 0.324. The highest BCUT2D eigenvalue weighted by Crippen LogP contribution is 2.35. The zero-order chi connectivity index (χ0) is 14.2. The van der Waals surface area contributed by atoms with Gasteiger partial charge in [0.15, 0.2) is 0 Å². The van der Waals surface area contributed by atoms with Crippen molar-refractivity contribution in [2.24, 2.45) is 0 Å². The van der Waals surface area contributed by atoms with Crippen molar-refractivity contribution < 1.29 is 0 Å². The Labute approximate surface area is 135 Å². The molecular formula is C16H22BrClN2. The molecule has 0 radical (unpaired) electrons. The Hall–Kier alpha value is -0.250. The van der Waals surface area contributed by atoms with Crippen molar-refractivity contribution >= 4 is 33.2 Å². The van der Waals surface area contributed by atoms with E-state index in [0.29, 0.717) is 11.6 Å². The summed E-state index contributed by atoms with van der Waals surface area (Å²) < 4.78 is 0.970. The second kappa shape index (κ2) is 5.86. The smallest absolute Gasteiger partial charge is 0.0568 e. The highest BCUT2D eigenvalue weighted by atomic mass is 79.9. The highest BCUT2D eigenvalue weighted by molar-refractivity contribution is 9.10. The van der Waals surface area contributed by atoms with Crippen molar-refractivity contribution in [1.82, 2.24) is 5.32 Å². The van der Waals surface area contributed by atoms with Crippen LogP contribution < -0.4 is 10.2 Å². The summed E-state index contributed by atoms with van der Waals surface area (Å²) in [5, 5.41) is 4.62. The van der Waals surface area contributed by atoms with Crippen LogP contribution in [0.25, 0.3) is 0 Å². The third-order valence-corrected chi connectivity index (χ3v) is 6.06. The lowest BCUT2D eigenvalue weighted by Gasteiger charge is -2.50. The maximum Gasteiger partial charge on any atom is 0.0568 e. The van der Waals surface area contributed by atoms with Crippen molar-refractivity contribution in [3.05, 3.63) is 27.7 Å². The van der Waals surface area contributed by atoms with Crippen LogP contribution in [0.4, 0.5) is 5.69 Å². The Kier molecular flexibility index (Phi) is 4.30. The molecule has 0 amide bonds. The van der Waals surface area contributed by atoms with Crippen LogP contribution in [0, 0.1) is 0 Å². The minimum Gasteiger partial charge on any atom is -0.366 e. The SMILES string of the molecule is CC1CNC2(CCCCC2)CN1c1ccc(Br)c(Cl)c1. The first-order valence-electron chi connectivity index (χ1n) is 7.56. The standard InChI is InChI=1S/C16H22BrClN2/c1-12-10-19-16(7-3-2-4-8-16)11-20(12)13-5-6-14(17)15(18)9-13/h5-6,9,12,19H,2-4,7-8,10-11H2,1H3. The van der Waals surface area contributed by atoms with Gasteiger partial charge in [-0.2, -0.15) is 0 Å². The molecule has 1 N–H and O–H groups in total. The summed E-state index contributed by atoms with van der Waals surface area (Å²) in [6, 6.07) is 6.83. The molecule has 1 aromatic carbocycles. The average Bonchev–Trinajstić information content (AvgIpc) is 2.46. The summed E-state index contributed by atoms with van der Waals surface area (Å²) in [6.07, 6.45) is 6.72. The normalized spacial score (nSPS) is 25.9. The van der Waals surface area contributed by atoms with Gasteiger partial charge in [0.25, 0.3) is 0 Å². The van der Waals surface area contributed by atoms with Crippen LogP contribution in [-0.4, -0.2) is 24.7 Å². The molecule has 1 saturated heterocycles. The fourth-order valence-corrected chi connectivity index (χ4v) is 4.01. The average molecular weight is 358 g/mol. The number of piperazine rings is 1. The molecule has 0 aromatic heterocycles. The van der Waals surface area contributed by atoms with Gasteiger partial charge in [0.1, 0.15) is 0 Å². The van der Waals surface area contributed by atoms with Crippen LogP contribution >= 0.6 is 27.5 Å². The molecule has 20 heavy (non-hydrogen) atoms. The van der Waals surface area contributed by atoms with Crippen LogP contribution in [0.1, 0.15) is 39.0 Å². The van der Waals surface area contributed by atoms with Crippen LogP contribution in [0.15, 0.2) is 22.7 Å². The van der Waals surface area contributed by atoms with Crippen molar-refractivity contribution in [2.75, 3.05) is 18.0 Å². The van der Waals surface area contributed by atoms with E-state index in [1.165, 1.54) is 37.8 Å². The van der Waals surface area contributed by atoms with E-state index in [2.05, 4.69) is 51.3 Å².